The molecule has 3 rings (SSSR count). The van der Waals surface area contributed by atoms with Gasteiger partial charge in [-0.05, 0) is 51.3 Å². The highest BCUT2D eigenvalue weighted by Gasteiger charge is 2.34. The predicted octanol–water partition coefficient (Wildman–Crippen LogP) is 2.67. The molecule has 0 radical (unpaired) electrons. The zero-order valence-corrected chi connectivity index (χ0v) is 14.6. The third-order valence-corrected chi connectivity index (χ3v) is 4.46. The van der Waals surface area contributed by atoms with Crippen molar-refractivity contribution < 1.29 is 14.7 Å². The number of carbonyl (C=O) groups is 2. The van der Waals surface area contributed by atoms with Crippen molar-refractivity contribution in [2.75, 3.05) is 0 Å². The van der Waals surface area contributed by atoms with Gasteiger partial charge in [-0.1, -0.05) is 11.3 Å². The third-order valence-electron chi connectivity index (χ3n) is 4.46. The summed E-state index contributed by atoms with van der Waals surface area (Å²) in [6, 6.07) is 5.21. The van der Waals surface area contributed by atoms with Crippen LogP contribution in [-0.4, -0.2) is 42.9 Å². The fourth-order valence-electron chi connectivity index (χ4n) is 2.82. The van der Waals surface area contributed by atoms with Gasteiger partial charge in [0.25, 0.3) is 5.91 Å². The summed E-state index contributed by atoms with van der Waals surface area (Å²) in [5.74, 6) is -1.17. The summed E-state index contributed by atoms with van der Waals surface area (Å²) in [7, 11) is 0. The van der Waals surface area contributed by atoms with Gasteiger partial charge >= 0.3 is 5.97 Å². The molecule has 0 spiro atoms. The normalized spacial score (nSPS) is 13.9. The molecule has 0 aliphatic heterocycles. The predicted molar refractivity (Wildman–Crippen MR) is 91.4 cm³/mol. The monoisotopic (exact) mass is 342 g/mol. The Morgan fingerprint density at radius 2 is 2.00 bits per heavy atom. The van der Waals surface area contributed by atoms with E-state index in [1.165, 1.54) is 6.07 Å². The zero-order chi connectivity index (χ0) is 18.1. The Balaban J connectivity index is 1.87. The first-order chi connectivity index (χ1) is 11.9. The lowest BCUT2D eigenvalue weighted by Crippen LogP contribution is -2.33. The Morgan fingerprint density at radius 1 is 1.32 bits per heavy atom. The van der Waals surface area contributed by atoms with Crippen LogP contribution in [0.25, 0.3) is 0 Å². The summed E-state index contributed by atoms with van der Waals surface area (Å²) in [6.45, 7) is 6.09. The van der Waals surface area contributed by atoms with E-state index in [9.17, 15) is 14.7 Å². The highest BCUT2D eigenvalue weighted by molar-refractivity contribution is 6.00. The van der Waals surface area contributed by atoms with E-state index in [1.807, 2.05) is 20.0 Å². The van der Waals surface area contributed by atoms with Crippen LogP contribution in [-0.2, 0) is 6.54 Å². The molecule has 7 nitrogen and oxygen atoms in total. The van der Waals surface area contributed by atoms with Crippen LogP contribution < -0.4 is 0 Å². The van der Waals surface area contributed by atoms with E-state index in [4.69, 9.17) is 0 Å². The first-order valence-corrected chi connectivity index (χ1v) is 8.43. The van der Waals surface area contributed by atoms with E-state index in [1.54, 1.807) is 28.6 Å². The Bertz CT molecular complexity index is 808. The molecule has 132 valence electrons. The molecule has 1 aliphatic rings. The van der Waals surface area contributed by atoms with Crippen molar-refractivity contribution >= 4 is 11.9 Å². The van der Waals surface area contributed by atoms with Crippen LogP contribution in [0.1, 0.15) is 64.7 Å². The Kier molecular flexibility index (Phi) is 4.57. The average molecular weight is 342 g/mol. The van der Waals surface area contributed by atoms with Crippen molar-refractivity contribution in [3.05, 3.63) is 46.8 Å². The van der Waals surface area contributed by atoms with Crippen LogP contribution in [0.5, 0.6) is 0 Å². The van der Waals surface area contributed by atoms with E-state index < -0.39 is 5.97 Å². The van der Waals surface area contributed by atoms with E-state index in [0.717, 1.165) is 18.5 Å². The van der Waals surface area contributed by atoms with Gasteiger partial charge in [-0.3, -0.25) is 4.79 Å². The minimum absolute atomic E-state index is 0.151. The Labute approximate surface area is 146 Å². The number of hydrogen-bond acceptors (Lipinski definition) is 4. The quantitative estimate of drug-likeness (QED) is 0.872. The third kappa shape index (κ3) is 3.55. The van der Waals surface area contributed by atoms with Crippen molar-refractivity contribution in [2.24, 2.45) is 0 Å². The van der Waals surface area contributed by atoms with Crippen LogP contribution in [0.2, 0.25) is 0 Å². The SMILES string of the molecule is Cc1c(C(=O)O)cccc1C(=O)N(Cc1cn(C(C)C)nn1)C1CC1. The van der Waals surface area contributed by atoms with Crippen LogP contribution in [0.3, 0.4) is 0 Å². The number of amides is 1. The molecule has 0 atom stereocenters. The lowest BCUT2D eigenvalue weighted by molar-refractivity contribution is 0.0696. The first kappa shape index (κ1) is 17.1. The maximum atomic E-state index is 13.0. The van der Waals surface area contributed by atoms with Gasteiger partial charge in [0.1, 0.15) is 5.69 Å². The minimum Gasteiger partial charge on any atom is -0.478 e. The molecule has 1 saturated carbocycles. The number of aromatic carboxylic acids is 1. The second-order valence-electron chi connectivity index (χ2n) is 6.73. The molecular formula is C18H22N4O3. The highest BCUT2D eigenvalue weighted by Crippen LogP contribution is 2.30. The van der Waals surface area contributed by atoms with Gasteiger partial charge in [-0.2, -0.15) is 0 Å². The zero-order valence-electron chi connectivity index (χ0n) is 14.6. The summed E-state index contributed by atoms with van der Waals surface area (Å²) in [5, 5.41) is 17.5. The van der Waals surface area contributed by atoms with Crippen LogP contribution in [0.15, 0.2) is 24.4 Å². The number of benzene rings is 1. The molecule has 1 N–H and O–H groups in total. The fraction of sp³-hybridized carbons (Fsp3) is 0.444. The van der Waals surface area contributed by atoms with E-state index in [0.29, 0.717) is 17.7 Å². The van der Waals surface area contributed by atoms with Crippen LogP contribution in [0.4, 0.5) is 0 Å². The van der Waals surface area contributed by atoms with Crippen molar-refractivity contribution in [3.8, 4) is 0 Å². The van der Waals surface area contributed by atoms with Crippen molar-refractivity contribution in [3.63, 3.8) is 0 Å². The van der Waals surface area contributed by atoms with Gasteiger partial charge in [0.05, 0.1) is 18.3 Å². The molecule has 0 saturated heterocycles. The molecule has 1 amide bonds. The molecule has 1 aromatic heterocycles. The van der Waals surface area contributed by atoms with Crippen LogP contribution >= 0.6 is 0 Å². The molecule has 7 heteroatoms. The molecule has 0 bridgehead atoms. The van der Waals surface area contributed by atoms with Gasteiger partial charge in [0.2, 0.25) is 0 Å². The number of hydrogen-bond donors (Lipinski definition) is 1. The van der Waals surface area contributed by atoms with Gasteiger partial charge < -0.3 is 10.0 Å². The molecule has 1 heterocycles. The van der Waals surface area contributed by atoms with Crippen molar-refractivity contribution in [2.45, 2.75) is 52.2 Å². The summed E-state index contributed by atoms with van der Waals surface area (Å²) in [5.41, 5.74) is 1.83. The maximum Gasteiger partial charge on any atom is 0.335 e. The smallest absolute Gasteiger partial charge is 0.335 e. The maximum absolute atomic E-state index is 13.0. The topological polar surface area (TPSA) is 88.3 Å². The molecule has 1 aromatic carbocycles. The summed E-state index contributed by atoms with van der Waals surface area (Å²) >= 11 is 0. The highest BCUT2D eigenvalue weighted by atomic mass is 16.4. The van der Waals surface area contributed by atoms with E-state index in [-0.39, 0.29) is 23.6 Å². The van der Waals surface area contributed by atoms with Gasteiger partial charge in [0.15, 0.2) is 0 Å². The molecule has 0 unspecified atom stereocenters. The number of rotatable bonds is 6. The lowest BCUT2D eigenvalue weighted by Gasteiger charge is -2.22. The van der Waals surface area contributed by atoms with E-state index >= 15 is 0 Å². The van der Waals surface area contributed by atoms with Gasteiger partial charge in [0, 0.05) is 17.6 Å². The molecule has 1 fully saturated rings. The van der Waals surface area contributed by atoms with Gasteiger partial charge in [-0.25, -0.2) is 9.48 Å². The largest absolute Gasteiger partial charge is 0.478 e. The number of carbonyl (C=O) groups excluding carboxylic acids is 1. The Hall–Kier alpha value is -2.70. The lowest BCUT2D eigenvalue weighted by atomic mass is 10.0. The fourth-order valence-corrected chi connectivity index (χ4v) is 2.82. The molecule has 25 heavy (non-hydrogen) atoms. The minimum atomic E-state index is -1.02. The average Bonchev–Trinajstić information content (AvgIpc) is 3.29. The van der Waals surface area contributed by atoms with Crippen molar-refractivity contribution in [1.82, 2.24) is 19.9 Å². The van der Waals surface area contributed by atoms with Crippen LogP contribution in [0, 0.1) is 6.92 Å². The summed E-state index contributed by atoms with van der Waals surface area (Å²) in [6.07, 6.45) is 3.78. The first-order valence-electron chi connectivity index (χ1n) is 8.43. The number of carboxylic acid groups (broad SMARTS) is 1. The molecular weight excluding hydrogens is 320 g/mol. The van der Waals surface area contributed by atoms with Gasteiger partial charge in [-0.15, -0.1) is 5.10 Å². The Morgan fingerprint density at radius 3 is 2.56 bits per heavy atom. The summed E-state index contributed by atoms with van der Waals surface area (Å²) < 4.78 is 1.77. The number of aromatic nitrogens is 3. The molecule has 1 aliphatic carbocycles. The summed E-state index contributed by atoms with van der Waals surface area (Å²) in [4.78, 5) is 26.1. The second kappa shape index (κ2) is 6.66. The number of carboxylic acids is 1. The standard InChI is InChI=1S/C18H22N4O3/c1-11(2)22-10-13(19-20-22)9-21(14-7-8-14)17(23)15-5-4-6-16(12(15)3)18(24)25/h4-6,10-11,14H,7-9H2,1-3H3,(H,24,25). The van der Waals surface area contributed by atoms with Crippen molar-refractivity contribution in [1.29, 1.82) is 0 Å². The van der Waals surface area contributed by atoms with E-state index in [2.05, 4.69) is 10.3 Å². The molecule has 2 aromatic rings. The number of nitrogens with zero attached hydrogens (tertiary/aromatic N) is 4. The second-order valence-corrected chi connectivity index (χ2v) is 6.73.